The first-order valence-corrected chi connectivity index (χ1v) is 10.4. The van der Waals surface area contributed by atoms with Crippen molar-refractivity contribution >= 4 is 17.7 Å². The van der Waals surface area contributed by atoms with E-state index in [1.165, 1.54) is 23.9 Å². The average molecular weight is 413 g/mol. The highest BCUT2D eigenvalue weighted by molar-refractivity contribution is 7.99. The lowest BCUT2D eigenvalue weighted by Gasteiger charge is -2.13. The van der Waals surface area contributed by atoms with Gasteiger partial charge in [-0.15, -0.1) is 0 Å². The highest BCUT2D eigenvalue weighted by Gasteiger charge is 2.23. The topological polar surface area (TPSA) is 77.1 Å². The van der Waals surface area contributed by atoms with E-state index in [-0.39, 0.29) is 23.2 Å². The number of hydrogen-bond acceptors (Lipinski definition) is 5. The fourth-order valence-electron chi connectivity index (χ4n) is 3.41. The number of thioether (sulfide) groups is 1. The molecule has 150 valence electrons. The fourth-order valence-corrected chi connectivity index (χ4v) is 4.32. The van der Waals surface area contributed by atoms with Crippen LogP contribution in [0.25, 0.3) is 0 Å². The van der Waals surface area contributed by atoms with Gasteiger partial charge in [0.25, 0.3) is 0 Å². The normalized spacial score (nSPS) is 12.7. The van der Waals surface area contributed by atoms with Gasteiger partial charge in [0.1, 0.15) is 16.6 Å². The zero-order valence-electron chi connectivity index (χ0n) is 15.7. The summed E-state index contributed by atoms with van der Waals surface area (Å²) in [4.78, 5) is 29.0. The summed E-state index contributed by atoms with van der Waals surface area (Å²) in [6.45, 7) is 0.695. The molecule has 1 N–H and O–H groups in total. The minimum absolute atomic E-state index is 0.160. The summed E-state index contributed by atoms with van der Waals surface area (Å²) < 4.78 is 20.0. The number of furan rings is 1. The van der Waals surface area contributed by atoms with Gasteiger partial charge >= 0.3 is 5.69 Å². The molecular weight excluding hydrogens is 393 g/mol. The Balaban J connectivity index is 1.42. The Bertz CT molecular complexity index is 1060. The monoisotopic (exact) mass is 413 g/mol. The summed E-state index contributed by atoms with van der Waals surface area (Å²) in [7, 11) is 0. The van der Waals surface area contributed by atoms with Gasteiger partial charge in [0.05, 0.1) is 18.6 Å². The first kappa shape index (κ1) is 19.4. The molecule has 1 aliphatic carbocycles. The Morgan fingerprint density at radius 2 is 2.07 bits per heavy atom. The zero-order chi connectivity index (χ0) is 20.2. The number of carbonyl (C=O) groups is 1. The number of carbonyl (C=O) groups excluding carboxylic acids is 1. The van der Waals surface area contributed by atoms with Gasteiger partial charge < -0.3 is 9.73 Å². The van der Waals surface area contributed by atoms with Crippen molar-refractivity contribution in [3.8, 4) is 0 Å². The van der Waals surface area contributed by atoms with E-state index < -0.39 is 0 Å². The van der Waals surface area contributed by atoms with Crippen LogP contribution in [0.5, 0.6) is 0 Å². The molecule has 0 spiro atoms. The van der Waals surface area contributed by atoms with Crippen LogP contribution in [0.4, 0.5) is 4.39 Å². The van der Waals surface area contributed by atoms with E-state index in [1.54, 1.807) is 29.0 Å². The number of fused-ring (bicyclic) bond motifs is 1. The minimum atomic E-state index is -0.323. The summed E-state index contributed by atoms with van der Waals surface area (Å²) in [6, 6.07) is 9.62. The quantitative estimate of drug-likeness (QED) is 0.476. The van der Waals surface area contributed by atoms with Gasteiger partial charge in [0.2, 0.25) is 5.91 Å². The second kappa shape index (κ2) is 8.65. The van der Waals surface area contributed by atoms with Crippen molar-refractivity contribution in [1.29, 1.82) is 0 Å². The molecule has 2 aromatic heterocycles. The molecule has 0 atom stereocenters. The molecule has 0 bridgehead atoms. The average Bonchev–Trinajstić information content (AvgIpc) is 3.40. The summed E-state index contributed by atoms with van der Waals surface area (Å²) >= 11 is 1.28. The van der Waals surface area contributed by atoms with E-state index >= 15 is 0 Å². The van der Waals surface area contributed by atoms with Crippen LogP contribution in [-0.2, 0) is 30.7 Å². The Morgan fingerprint density at radius 1 is 1.24 bits per heavy atom. The molecule has 6 nitrogen and oxygen atoms in total. The number of benzene rings is 1. The van der Waals surface area contributed by atoms with Crippen molar-refractivity contribution in [2.24, 2.45) is 0 Å². The number of amides is 1. The number of nitrogens with zero attached hydrogens (tertiary/aromatic N) is 2. The first-order valence-electron chi connectivity index (χ1n) is 9.39. The molecule has 8 heteroatoms. The van der Waals surface area contributed by atoms with Crippen LogP contribution in [0, 0.1) is 5.82 Å². The number of rotatable bonds is 7. The smallest absolute Gasteiger partial charge is 0.349 e. The van der Waals surface area contributed by atoms with Gasteiger partial charge in [-0.05, 0) is 49.1 Å². The maximum Gasteiger partial charge on any atom is 0.349 e. The second-order valence-corrected chi connectivity index (χ2v) is 7.80. The summed E-state index contributed by atoms with van der Waals surface area (Å²) in [5.41, 5.74) is 2.53. The molecule has 3 aromatic rings. The van der Waals surface area contributed by atoms with Gasteiger partial charge in [-0.25, -0.2) is 9.18 Å². The van der Waals surface area contributed by atoms with Crippen LogP contribution in [0.15, 0.2) is 56.9 Å². The minimum Gasteiger partial charge on any atom is -0.467 e. The third-order valence-electron chi connectivity index (χ3n) is 4.84. The molecule has 0 fully saturated rings. The Labute approximate surface area is 171 Å². The predicted molar refractivity (Wildman–Crippen MR) is 107 cm³/mol. The van der Waals surface area contributed by atoms with Crippen molar-refractivity contribution in [1.82, 2.24) is 14.9 Å². The lowest BCUT2D eigenvalue weighted by molar-refractivity contribution is -0.118. The van der Waals surface area contributed by atoms with Crippen molar-refractivity contribution in [2.45, 2.75) is 37.4 Å². The largest absolute Gasteiger partial charge is 0.467 e. The van der Waals surface area contributed by atoms with Crippen molar-refractivity contribution in [3.63, 3.8) is 0 Å². The number of aromatic nitrogens is 2. The van der Waals surface area contributed by atoms with E-state index in [0.717, 1.165) is 36.1 Å². The summed E-state index contributed by atoms with van der Waals surface area (Å²) in [5.74, 6) is 0.413. The second-order valence-electron chi connectivity index (χ2n) is 6.84. The van der Waals surface area contributed by atoms with Crippen molar-refractivity contribution in [2.75, 3.05) is 5.75 Å². The van der Waals surface area contributed by atoms with Gasteiger partial charge in [-0.3, -0.25) is 9.36 Å². The molecule has 1 aliphatic rings. The lowest BCUT2D eigenvalue weighted by atomic mass is 10.2. The molecule has 0 aliphatic heterocycles. The first-order chi connectivity index (χ1) is 14.1. The van der Waals surface area contributed by atoms with E-state index in [9.17, 15) is 14.0 Å². The van der Waals surface area contributed by atoms with Crippen LogP contribution in [0.3, 0.4) is 0 Å². The fraction of sp³-hybridized carbons (Fsp3) is 0.286. The molecule has 1 amide bonds. The maximum atomic E-state index is 12.9. The standard InChI is InChI=1S/C21H20FN3O3S/c22-15-8-6-14(7-9-15)11-23-19(26)13-29-20-17-4-1-5-18(17)25(21(27)24-20)12-16-3-2-10-28-16/h2-3,6-10H,1,4-5,11-13H2,(H,23,26). The maximum absolute atomic E-state index is 12.9. The number of hydrogen-bond donors (Lipinski definition) is 1. The highest BCUT2D eigenvalue weighted by atomic mass is 32.2. The summed E-state index contributed by atoms with van der Waals surface area (Å²) in [6.07, 6.45) is 4.21. The Kier molecular flexibility index (Phi) is 5.80. The van der Waals surface area contributed by atoms with Crippen LogP contribution in [-0.4, -0.2) is 21.2 Å². The van der Waals surface area contributed by atoms with Gasteiger partial charge in [0.15, 0.2) is 0 Å². The SMILES string of the molecule is O=C(CSc1nc(=O)n(Cc2ccco2)c2c1CCC2)NCc1ccc(F)cc1. The van der Waals surface area contributed by atoms with Crippen LogP contribution in [0.1, 0.15) is 29.0 Å². The molecule has 4 rings (SSSR count). The van der Waals surface area contributed by atoms with Gasteiger partial charge in [-0.2, -0.15) is 4.98 Å². The molecule has 2 heterocycles. The molecule has 0 radical (unpaired) electrons. The molecule has 1 aromatic carbocycles. The molecule has 0 unspecified atom stereocenters. The van der Waals surface area contributed by atoms with Gasteiger partial charge in [0, 0.05) is 17.8 Å². The molecule has 0 saturated heterocycles. The number of halogens is 1. The van der Waals surface area contributed by atoms with Crippen LogP contribution < -0.4 is 11.0 Å². The molecule has 0 saturated carbocycles. The lowest BCUT2D eigenvalue weighted by Crippen LogP contribution is -2.28. The van der Waals surface area contributed by atoms with E-state index in [1.807, 2.05) is 6.07 Å². The van der Waals surface area contributed by atoms with Gasteiger partial charge in [-0.1, -0.05) is 23.9 Å². The Hall–Kier alpha value is -2.87. The van der Waals surface area contributed by atoms with E-state index in [2.05, 4.69) is 10.3 Å². The van der Waals surface area contributed by atoms with Crippen LogP contribution >= 0.6 is 11.8 Å². The number of nitrogens with one attached hydrogen (secondary N) is 1. The third-order valence-corrected chi connectivity index (χ3v) is 5.86. The van der Waals surface area contributed by atoms with E-state index in [0.29, 0.717) is 23.9 Å². The molecular formula is C21H20FN3O3S. The predicted octanol–water partition coefficient (Wildman–Crippen LogP) is 2.92. The van der Waals surface area contributed by atoms with Crippen molar-refractivity contribution in [3.05, 3.63) is 81.5 Å². The van der Waals surface area contributed by atoms with Crippen LogP contribution in [0.2, 0.25) is 0 Å². The van der Waals surface area contributed by atoms with E-state index in [4.69, 9.17) is 4.42 Å². The molecule has 29 heavy (non-hydrogen) atoms. The third kappa shape index (κ3) is 4.59. The summed E-state index contributed by atoms with van der Waals surface area (Å²) in [5, 5.41) is 3.44. The highest BCUT2D eigenvalue weighted by Crippen LogP contribution is 2.29. The zero-order valence-corrected chi connectivity index (χ0v) is 16.5. The Morgan fingerprint density at radius 3 is 2.83 bits per heavy atom. The van der Waals surface area contributed by atoms with Crippen molar-refractivity contribution < 1.29 is 13.6 Å².